The fraction of sp³-hybridized carbons (Fsp3) is 0.312. The number of nitrogens with two attached hydrogens (primary N) is 1. The zero-order valence-corrected chi connectivity index (χ0v) is 11.8. The highest BCUT2D eigenvalue weighted by atomic mass is 16.4. The summed E-state index contributed by atoms with van der Waals surface area (Å²) in [6.07, 6.45) is 5.19. The first-order valence-electron chi connectivity index (χ1n) is 6.92. The van der Waals surface area contributed by atoms with Crippen molar-refractivity contribution in [3.05, 3.63) is 60.2 Å². The Balaban J connectivity index is 1.97. The van der Waals surface area contributed by atoms with Crippen LogP contribution in [0.2, 0.25) is 0 Å². The smallest absolute Gasteiger partial charge is 0.323 e. The number of hydrogen-bond acceptors (Lipinski definition) is 4. The Bertz CT molecular complexity index is 529. The quantitative estimate of drug-likeness (QED) is 0.810. The van der Waals surface area contributed by atoms with Gasteiger partial charge in [0.25, 0.3) is 0 Å². The van der Waals surface area contributed by atoms with Crippen molar-refractivity contribution in [3.63, 3.8) is 0 Å². The zero-order chi connectivity index (χ0) is 15.1. The van der Waals surface area contributed by atoms with Crippen LogP contribution in [0.1, 0.15) is 24.2 Å². The minimum atomic E-state index is -1.25. The maximum absolute atomic E-state index is 11.5. The highest BCUT2D eigenvalue weighted by Gasteiger charge is 2.33. The third kappa shape index (κ3) is 4.36. The summed E-state index contributed by atoms with van der Waals surface area (Å²) in [7, 11) is 0. The highest BCUT2D eigenvalue weighted by molar-refractivity contribution is 5.78. The van der Waals surface area contributed by atoms with Gasteiger partial charge in [-0.1, -0.05) is 12.1 Å². The average molecular weight is 285 g/mol. The van der Waals surface area contributed by atoms with Crippen LogP contribution >= 0.6 is 0 Å². The van der Waals surface area contributed by atoms with Gasteiger partial charge in [-0.05, 0) is 49.9 Å². The molecule has 0 saturated heterocycles. The normalized spacial score (nSPS) is 11.3. The molecule has 2 rings (SSSR count). The van der Waals surface area contributed by atoms with Crippen molar-refractivity contribution in [2.75, 3.05) is 0 Å². The number of aliphatic carboxylic acids is 1. The van der Waals surface area contributed by atoms with E-state index < -0.39 is 11.5 Å². The summed E-state index contributed by atoms with van der Waals surface area (Å²) in [5.41, 5.74) is 6.53. The van der Waals surface area contributed by atoms with Gasteiger partial charge in [-0.3, -0.25) is 14.8 Å². The Labute approximate surface area is 123 Å². The first-order chi connectivity index (χ1) is 10.1. The minimum absolute atomic E-state index is 0.353. The summed E-state index contributed by atoms with van der Waals surface area (Å²) < 4.78 is 0. The molecule has 2 aromatic heterocycles. The summed E-state index contributed by atoms with van der Waals surface area (Å²) in [5.74, 6) is -0.977. The number of rotatable bonds is 7. The van der Waals surface area contributed by atoms with Gasteiger partial charge in [-0.25, -0.2) is 0 Å². The van der Waals surface area contributed by atoms with Gasteiger partial charge < -0.3 is 10.8 Å². The van der Waals surface area contributed by atoms with E-state index in [9.17, 15) is 9.90 Å². The molecule has 3 N–H and O–H groups in total. The molecule has 0 aromatic carbocycles. The number of nitrogens with zero attached hydrogens (tertiary/aromatic N) is 2. The first kappa shape index (κ1) is 15.1. The summed E-state index contributed by atoms with van der Waals surface area (Å²) in [4.78, 5) is 19.9. The lowest BCUT2D eigenvalue weighted by atomic mass is 9.88. The number of aromatic nitrogens is 2. The van der Waals surface area contributed by atoms with E-state index in [1.54, 1.807) is 12.4 Å². The van der Waals surface area contributed by atoms with Crippen LogP contribution < -0.4 is 5.73 Å². The van der Waals surface area contributed by atoms with Gasteiger partial charge in [0.1, 0.15) is 5.54 Å². The number of carboxylic acid groups (broad SMARTS) is 1. The molecule has 0 aliphatic carbocycles. The van der Waals surface area contributed by atoms with E-state index in [0.29, 0.717) is 25.7 Å². The van der Waals surface area contributed by atoms with Gasteiger partial charge in [0.05, 0.1) is 0 Å². The monoisotopic (exact) mass is 285 g/mol. The summed E-state index contributed by atoms with van der Waals surface area (Å²) >= 11 is 0. The van der Waals surface area contributed by atoms with Gasteiger partial charge in [-0.2, -0.15) is 0 Å². The fourth-order valence-electron chi connectivity index (χ4n) is 2.13. The molecule has 0 fully saturated rings. The lowest BCUT2D eigenvalue weighted by molar-refractivity contribution is -0.143. The topological polar surface area (TPSA) is 89.1 Å². The second-order valence-electron chi connectivity index (χ2n) is 5.10. The second-order valence-corrected chi connectivity index (χ2v) is 5.10. The van der Waals surface area contributed by atoms with Crippen molar-refractivity contribution in [2.24, 2.45) is 5.73 Å². The number of aryl methyl sites for hydroxylation is 2. The molecule has 110 valence electrons. The first-order valence-corrected chi connectivity index (χ1v) is 6.92. The molecule has 0 spiro atoms. The van der Waals surface area contributed by atoms with Crippen molar-refractivity contribution < 1.29 is 9.90 Å². The fourth-order valence-corrected chi connectivity index (χ4v) is 2.13. The van der Waals surface area contributed by atoms with E-state index in [4.69, 9.17) is 5.73 Å². The summed E-state index contributed by atoms with van der Waals surface area (Å²) in [5, 5.41) is 9.42. The Morgan fingerprint density at radius 1 is 1.00 bits per heavy atom. The number of hydrogen-bond donors (Lipinski definition) is 2. The molecule has 0 bridgehead atoms. The number of carboxylic acids is 1. The van der Waals surface area contributed by atoms with Crippen molar-refractivity contribution in [3.8, 4) is 0 Å². The van der Waals surface area contributed by atoms with E-state index in [0.717, 1.165) is 11.4 Å². The number of pyridine rings is 2. The van der Waals surface area contributed by atoms with Crippen LogP contribution in [0.5, 0.6) is 0 Å². The van der Waals surface area contributed by atoms with E-state index in [2.05, 4.69) is 9.97 Å². The van der Waals surface area contributed by atoms with E-state index in [1.807, 2.05) is 36.4 Å². The van der Waals surface area contributed by atoms with E-state index in [1.165, 1.54) is 0 Å². The SMILES string of the molecule is NC(CCc1ccccn1)(CCc1ccccn1)C(=O)O. The second kappa shape index (κ2) is 6.95. The van der Waals surface area contributed by atoms with Crippen LogP contribution in [-0.4, -0.2) is 26.6 Å². The lowest BCUT2D eigenvalue weighted by Crippen LogP contribution is -2.48. The molecule has 21 heavy (non-hydrogen) atoms. The van der Waals surface area contributed by atoms with Crippen molar-refractivity contribution in [1.82, 2.24) is 9.97 Å². The Kier molecular flexibility index (Phi) is 5.00. The van der Waals surface area contributed by atoms with Crippen molar-refractivity contribution >= 4 is 5.97 Å². The Morgan fingerprint density at radius 2 is 1.48 bits per heavy atom. The standard InChI is InChI=1S/C16H19N3O2/c17-16(15(20)21,9-7-13-5-1-3-11-18-13)10-8-14-6-2-4-12-19-14/h1-6,11-12H,7-10,17H2,(H,20,21). The van der Waals surface area contributed by atoms with Crippen LogP contribution in [0.4, 0.5) is 0 Å². The predicted molar refractivity (Wildman–Crippen MR) is 79.7 cm³/mol. The highest BCUT2D eigenvalue weighted by Crippen LogP contribution is 2.18. The Hall–Kier alpha value is -2.27. The van der Waals surface area contributed by atoms with Crippen LogP contribution in [0.3, 0.4) is 0 Å². The molecule has 0 aliphatic rings. The molecule has 5 heteroatoms. The molecule has 0 radical (unpaired) electrons. The van der Waals surface area contributed by atoms with Crippen molar-refractivity contribution in [1.29, 1.82) is 0 Å². The molecule has 0 atom stereocenters. The maximum Gasteiger partial charge on any atom is 0.323 e. The predicted octanol–water partition coefficient (Wildman–Crippen LogP) is 1.82. The molecule has 2 aromatic rings. The van der Waals surface area contributed by atoms with Crippen LogP contribution in [0.15, 0.2) is 48.8 Å². The minimum Gasteiger partial charge on any atom is -0.480 e. The molecule has 5 nitrogen and oxygen atoms in total. The molecule has 2 heterocycles. The van der Waals surface area contributed by atoms with Gasteiger partial charge in [0.2, 0.25) is 0 Å². The summed E-state index contributed by atoms with van der Waals surface area (Å²) in [6.45, 7) is 0. The largest absolute Gasteiger partial charge is 0.480 e. The van der Waals surface area contributed by atoms with Gasteiger partial charge in [0, 0.05) is 23.8 Å². The van der Waals surface area contributed by atoms with Gasteiger partial charge >= 0.3 is 5.97 Å². The van der Waals surface area contributed by atoms with Crippen LogP contribution in [0, 0.1) is 0 Å². The van der Waals surface area contributed by atoms with Gasteiger partial charge in [-0.15, -0.1) is 0 Å². The lowest BCUT2D eigenvalue weighted by Gasteiger charge is -2.24. The molecule has 0 saturated carbocycles. The van der Waals surface area contributed by atoms with E-state index >= 15 is 0 Å². The van der Waals surface area contributed by atoms with E-state index in [-0.39, 0.29) is 0 Å². The molecule has 0 aliphatic heterocycles. The van der Waals surface area contributed by atoms with Crippen LogP contribution in [0.25, 0.3) is 0 Å². The average Bonchev–Trinajstić information content (AvgIpc) is 2.53. The number of carbonyl (C=O) groups is 1. The third-order valence-electron chi connectivity index (χ3n) is 3.53. The third-order valence-corrected chi connectivity index (χ3v) is 3.53. The Morgan fingerprint density at radius 3 is 1.81 bits per heavy atom. The van der Waals surface area contributed by atoms with Crippen molar-refractivity contribution in [2.45, 2.75) is 31.2 Å². The molecule has 0 amide bonds. The van der Waals surface area contributed by atoms with Crippen LogP contribution in [-0.2, 0) is 17.6 Å². The molecular weight excluding hydrogens is 266 g/mol. The molecular formula is C16H19N3O2. The summed E-state index contributed by atoms with van der Waals surface area (Å²) in [6, 6.07) is 11.2. The molecule has 0 unspecified atom stereocenters. The van der Waals surface area contributed by atoms with Gasteiger partial charge in [0.15, 0.2) is 0 Å². The zero-order valence-electron chi connectivity index (χ0n) is 11.8. The maximum atomic E-state index is 11.5.